The highest BCUT2D eigenvalue weighted by atomic mass is 16.5. The lowest BCUT2D eigenvalue weighted by Crippen LogP contribution is -2.03. The first-order chi connectivity index (χ1) is 4.66. The van der Waals surface area contributed by atoms with Gasteiger partial charge in [-0.2, -0.15) is 5.26 Å². The smallest absolute Gasteiger partial charge is 0.333 e. The molecule has 0 aliphatic rings. The van der Waals surface area contributed by atoms with E-state index in [-0.39, 0.29) is 6.61 Å². The first-order valence-electron chi connectivity index (χ1n) is 2.64. The van der Waals surface area contributed by atoms with Gasteiger partial charge < -0.3 is 10.5 Å². The molecule has 0 aromatic heterocycles. The van der Waals surface area contributed by atoms with Crippen LogP contribution in [0.25, 0.3) is 0 Å². The van der Waals surface area contributed by atoms with Gasteiger partial charge in [-0.05, 0) is 6.92 Å². The Kier molecular flexibility index (Phi) is 3.73. The topological polar surface area (TPSA) is 76.1 Å². The molecule has 0 spiro atoms. The van der Waals surface area contributed by atoms with Gasteiger partial charge in [0.15, 0.2) is 6.61 Å². The lowest BCUT2D eigenvalue weighted by atomic mass is 10.4. The van der Waals surface area contributed by atoms with E-state index in [0.29, 0.717) is 5.70 Å². The summed E-state index contributed by atoms with van der Waals surface area (Å²) in [7, 11) is 0. The fourth-order valence-electron chi connectivity index (χ4n) is 0.331. The standard InChI is InChI=1S/C6H8N2O2/c1-5(8)4-6(9)10-3-2-7/h4H,3,8H2,1H3/b5-4-. The van der Waals surface area contributed by atoms with Crippen molar-refractivity contribution in [2.24, 2.45) is 5.73 Å². The minimum atomic E-state index is -0.582. The maximum absolute atomic E-state index is 10.5. The maximum atomic E-state index is 10.5. The van der Waals surface area contributed by atoms with Crippen LogP contribution >= 0.6 is 0 Å². The highest BCUT2D eigenvalue weighted by molar-refractivity contribution is 5.82. The number of nitrogens with zero attached hydrogens (tertiary/aromatic N) is 1. The summed E-state index contributed by atoms with van der Waals surface area (Å²) in [5.74, 6) is -0.582. The van der Waals surface area contributed by atoms with E-state index in [0.717, 1.165) is 6.08 Å². The molecular formula is C6H8N2O2. The number of nitriles is 1. The predicted molar refractivity (Wildman–Crippen MR) is 34.5 cm³/mol. The van der Waals surface area contributed by atoms with Gasteiger partial charge in [0, 0.05) is 11.8 Å². The zero-order chi connectivity index (χ0) is 7.98. The molecule has 10 heavy (non-hydrogen) atoms. The summed E-state index contributed by atoms with van der Waals surface area (Å²) in [6.45, 7) is 1.33. The van der Waals surface area contributed by atoms with Crippen molar-refractivity contribution in [1.82, 2.24) is 0 Å². The molecule has 0 saturated carbocycles. The zero-order valence-electron chi connectivity index (χ0n) is 5.63. The molecule has 0 aromatic carbocycles. The van der Waals surface area contributed by atoms with E-state index in [1.54, 1.807) is 13.0 Å². The molecule has 54 valence electrons. The van der Waals surface area contributed by atoms with E-state index in [1.807, 2.05) is 0 Å². The number of carbonyl (C=O) groups excluding carboxylic acids is 1. The first-order valence-corrected chi connectivity index (χ1v) is 2.64. The third-order valence-corrected chi connectivity index (χ3v) is 0.624. The van der Waals surface area contributed by atoms with Crippen LogP contribution in [0.5, 0.6) is 0 Å². The van der Waals surface area contributed by atoms with Crippen LogP contribution < -0.4 is 5.73 Å². The zero-order valence-corrected chi connectivity index (χ0v) is 5.63. The minimum Gasteiger partial charge on any atom is -0.447 e. The minimum absolute atomic E-state index is 0.234. The Morgan fingerprint density at radius 1 is 1.90 bits per heavy atom. The van der Waals surface area contributed by atoms with Crippen LogP contribution in [0.15, 0.2) is 11.8 Å². The number of ether oxygens (including phenoxy) is 1. The Morgan fingerprint density at radius 3 is 2.90 bits per heavy atom. The van der Waals surface area contributed by atoms with Crippen molar-refractivity contribution in [2.45, 2.75) is 6.92 Å². The molecule has 4 nitrogen and oxygen atoms in total. The number of rotatable bonds is 2. The summed E-state index contributed by atoms with van der Waals surface area (Å²) in [4.78, 5) is 10.5. The van der Waals surface area contributed by atoms with E-state index in [9.17, 15) is 4.79 Å². The summed E-state index contributed by atoms with van der Waals surface area (Å²) >= 11 is 0. The van der Waals surface area contributed by atoms with Crippen LogP contribution in [0, 0.1) is 11.3 Å². The molecule has 0 atom stereocenters. The van der Waals surface area contributed by atoms with Crippen LogP contribution in [-0.4, -0.2) is 12.6 Å². The second-order valence-corrected chi connectivity index (χ2v) is 1.65. The van der Waals surface area contributed by atoms with Crippen LogP contribution in [0.3, 0.4) is 0 Å². The fraction of sp³-hybridized carbons (Fsp3) is 0.333. The SMILES string of the molecule is C/C(N)=C/C(=O)OCC#N. The number of hydrogen-bond acceptors (Lipinski definition) is 4. The molecule has 0 saturated heterocycles. The molecule has 0 unspecified atom stereocenters. The van der Waals surface area contributed by atoms with E-state index >= 15 is 0 Å². The molecule has 0 aromatic rings. The Morgan fingerprint density at radius 2 is 2.50 bits per heavy atom. The van der Waals surface area contributed by atoms with Gasteiger partial charge in [-0.25, -0.2) is 4.79 Å². The molecule has 0 rings (SSSR count). The summed E-state index contributed by atoms with van der Waals surface area (Å²) in [5, 5.41) is 7.97. The number of carbonyl (C=O) groups is 1. The normalized spacial score (nSPS) is 10.2. The number of allylic oxidation sites excluding steroid dienone is 1. The summed E-state index contributed by atoms with van der Waals surface area (Å²) in [6.07, 6.45) is 1.12. The highest BCUT2D eigenvalue weighted by Crippen LogP contribution is 1.83. The van der Waals surface area contributed by atoms with E-state index in [1.165, 1.54) is 0 Å². The monoisotopic (exact) mass is 140 g/mol. The average molecular weight is 140 g/mol. The van der Waals surface area contributed by atoms with Crippen LogP contribution in [0.4, 0.5) is 0 Å². The van der Waals surface area contributed by atoms with E-state index < -0.39 is 5.97 Å². The van der Waals surface area contributed by atoms with E-state index in [4.69, 9.17) is 11.0 Å². The lowest BCUT2D eigenvalue weighted by molar-refractivity contribution is -0.136. The van der Waals surface area contributed by atoms with Gasteiger partial charge in [-0.3, -0.25) is 0 Å². The van der Waals surface area contributed by atoms with Crippen molar-refractivity contribution in [3.8, 4) is 6.07 Å². The molecule has 0 aliphatic carbocycles. The molecule has 0 amide bonds. The van der Waals surface area contributed by atoms with E-state index in [2.05, 4.69) is 4.74 Å². The first kappa shape index (κ1) is 8.50. The summed E-state index contributed by atoms with van der Waals surface area (Å²) in [6, 6.07) is 1.66. The molecule has 0 fully saturated rings. The summed E-state index contributed by atoms with van der Waals surface area (Å²) in [5.41, 5.74) is 5.51. The molecule has 2 N–H and O–H groups in total. The van der Waals surface area contributed by atoms with Crippen molar-refractivity contribution in [1.29, 1.82) is 5.26 Å². The lowest BCUT2D eigenvalue weighted by Gasteiger charge is -1.92. The summed E-state index contributed by atoms with van der Waals surface area (Å²) < 4.78 is 4.35. The van der Waals surface area contributed by atoms with Crippen LogP contribution in [0.1, 0.15) is 6.92 Å². The second kappa shape index (κ2) is 4.39. The van der Waals surface area contributed by atoms with Gasteiger partial charge in [-0.1, -0.05) is 0 Å². The third-order valence-electron chi connectivity index (χ3n) is 0.624. The highest BCUT2D eigenvalue weighted by Gasteiger charge is 1.94. The Hall–Kier alpha value is -1.50. The Balaban J connectivity index is 3.68. The van der Waals surface area contributed by atoms with Crippen molar-refractivity contribution >= 4 is 5.97 Å². The van der Waals surface area contributed by atoms with Gasteiger partial charge in [-0.15, -0.1) is 0 Å². The van der Waals surface area contributed by atoms with Crippen molar-refractivity contribution < 1.29 is 9.53 Å². The van der Waals surface area contributed by atoms with Crippen LogP contribution in [0.2, 0.25) is 0 Å². The van der Waals surface area contributed by atoms with Crippen molar-refractivity contribution in [2.75, 3.05) is 6.61 Å². The molecule has 0 bridgehead atoms. The number of nitrogens with two attached hydrogens (primary N) is 1. The molecule has 4 heteroatoms. The molecule has 0 heterocycles. The molecule has 0 aliphatic heterocycles. The quantitative estimate of drug-likeness (QED) is 0.429. The number of hydrogen-bond donors (Lipinski definition) is 1. The largest absolute Gasteiger partial charge is 0.447 e. The Labute approximate surface area is 58.9 Å². The third kappa shape index (κ3) is 4.65. The van der Waals surface area contributed by atoms with Gasteiger partial charge in [0.2, 0.25) is 0 Å². The van der Waals surface area contributed by atoms with Crippen LogP contribution in [-0.2, 0) is 9.53 Å². The second-order valence-electron chi connectivity index (χ2n) is 1.65. The Bertz CT molecular complexity index is 186. The van der Waals surface area contributed by atoms with Gasteiger partial charge in [0.25, 0.3) is 0 Å². The number of esters is 1. The average Bonchev–Trinajstić information content (AvgIpc) is 1.82. The fourth-order valence-corrected chi connectivity index (χ4v) is 0.331. The maximum Gasteiger partial charge on any atom is 0.333 e. The molecular weight excluding hydrogens is 132 g/mol. The van der Waals surface area contributed by atoms with Gasteiger partial charge >= 0.3 is 5.97 Å². The van der Waals surface area contributed by atoms with Gasteiger partial charge in [0.1, 0.15) is 6.07 Å². The predicted octanol–water partition coefficient (Wildman–Crippen LogP) is -0.0843. The van der Waals surface area contributed by atoms with Crippen molar-refractivity contribution in [3.05, 3.63) is 11.8 Å². The van der Waals surface area contributed by atoms with Crippen molar-refractivity contribution in [3.63, 3.8) is 0 Å². The van der Waals surface area contributed by atoms with Gasteiger partial charge in [0.05, 0.1) is 0 Å². The molecule has 0 radical (unpaired) electrons.